The number of halogens is 3. The molecule has 0 bridgehead atoms. The van der Waals surface area contributed by atoms with Gasteiger partial charge in [0, 0.05) is 11.1 Å². The molecule has 2 heterocycles. The molecule has 0 saturated carbocycles. The normalized spacial score (nSPS) is 15.3. The zero-order valence-electron chi connectivity index (χ0n) is 14.1. The van der Waals surface area contributed by atoms with Gasteiger partial charge in [-0.25, -0.2) is 0 Å². The summed E-state index contributed by atoms with van der Waals surface area (Å²) in [5.74, 6) is -2.01. The highest BCUT2D eigenvalue weighted by atomic mass is 19.4. The molecule has 2 aromatic rings. The first-order valence-electron chi connectivity index (χ1n) is 7.89. The third-order valence-corrected chi connectivity index (χ3v) is 3.54. The Kier molecular flexibility index (Phi) is 5.40. The van der Waals surface area contributed by atoms with Crippen LogP contribution < -0.4 is 5.32 Å². The monoisotopic (exact) mass is 384 g/mol. The molecule has 1 aromatic heterocycles. The van der Waals surface area contributed by atoms with Crippen LogP contribution in [0.4, 0.5) is 13.2 Å². The van der Waals surface area contributed by atoms with E-state index in [1.165, 1.54) is 24.3 Å². The first-order valence-corrected chi connectivity index (χ1v) is 7.89. The molecule has 1 aromatic carbocycles. The van der Waals surface area contributed by atoms with Crippen LogP contribution in [-0.4, -0.2) is 47.6 Å². The summed E-state index contributed by atoms with van der Waals surface area (Å²) in [4.78, 5) is 20.6. The van der Waals surface area contributed by atoms with Crippen molar-refractivity contribution >= 4 is 11.6 Å². The minimum absolute atomic E-state index is 0.0498. The Balaban J connectivity index is 1.56. The van der Waals surface area contributed by atoms with Crippen LogP contribution in [0.3, 0.4) is 0 Å². The van der Waals surface area contributed by atoms with Gasteiger partial charge in [0.05, 0.1) is 25.5 Å². The predicted octanol–water partition coefficient (Wildman–Crippen LogP) is 2.28. The van der Waals surface area contributed by atoms with Crippen molar-refractivity contribution in [1.29, 1.82) is 0 Å². The van der Waals surface area contributed by atoms with Crippen molar-refractivity contribution in [3.05, 3.63) is 35.7 Å². The van der Waals surface area contributed by atoms with Crippen LogP contribution in [0.5, 0.6) is 0 Å². The molecule has 0 unspecified atom stereocenters. The van der Waals surface area contributed by atoms with Crippen molar-refractivity contribution in [1.82, 2.24) is 15.5 Å². The van der Waals surface area contributed by atoms with Gasteiger partial charge in [0.2, 0.25) is 5.82 Å². The van der Waals surface area contributed by atoms with Gasteiger partial charge < -0.3 is 19.4 Å². The minimum Gasteiger partial charge on any atom is -0.388 e. The zero-order valence-corrected chi connectivity index (χ0v) is 14.1. The molecule has 1 aliphatic heterocycles. The zero-order chi connectivity index (χ0) is 19.4. The summed E-state index contributed by atoms with van der Waals surface area (Å²) >= 11 is 0. The van der Waals surface area contributed by atoms with Gasteiger partial charge >= 0.3 is 12.1 Å². The SMILES string of the molecule is C/C(CNC(=O)c1ccc(-c2noc(C(F)(F)F)n2)cc1)=N/OC1COC1. The number of rotatable bonds is 6. The quantitative estimate of drug-likeness (QED) is 0.606. The van der Waals surface area contributed by atoms with Crippen molar-refractivity contribution < 1.29 is 32.1 Å². The van der Waals surface area contributed by atoms with Crippen LogP contribution in [0.1, 0.15) is 23.2 Å². The van der Waals surface area contributed by atoms with E-state index in [4.69, 9.17) is 9.57 Å². The first kappa shape index (κ1) is 18.8. The van der Waals surface area contributed by atoms with Gasteiger partial charge in [-0.15, -0.1) is 0 Å². The highest BCUT2D eigenvalue weighted by Crippen LogP contribution is 2.29. The molecule has 144 valence electrons. The van der Waals surface area contributed by atoms with Crippen molar-refractivity contribution in [3.8, 4) is 11.4 Å². The maximum absolute atomic E-state index is 12.5. The van der Waals surface area contributed by atoms with Crippen molar-refractivity contribution in [2.45, 2.75) is 19.2 Å². The predicted molar refractivity (Wildman–Crippen MR) is 85.9 cm³/mol. The Morgan fingerprint density at radius 1 is 1.33 bits per heavy atom. The lowest BCUT2D eigenvalue weighted by Gasteiger charge is -2.23. The van der Waals surface area contributed by atoms with E-state index in [1.807, 2.05) is 0 Å². The molecule has 1 aliphatic rings. The number of hydrogen-bond donors (Lipinski definition) is 1. The molecule has 1 N–H and O–H groups in total. The number of oxime groups is 1. The Hall–Kier alpha value is -2.95. The van der Waals surface area contributed by atoms with E-state index >= 15 is 0 Å². The van der Waals surface area contributed by atoms with E-state index < -0.39 is 12.1 Å². The summed E-state index contributed by atoms with van der Waals surface area (Å²) in [5.41, 5.74) is 1.19. The highest BCUT2D eigenvalue weighted by molar-refractivity contribution is 5.97. The van der Waals surface area contributed by atoms with Crippen LogP contribution in [-0.2, 0) is 15.8 Å². The number of benzene rings is 1. The number of alkyl halides is 3. The van der Waals surface area contributed by atoms with E-state index in [-0.39, 0.29) is 24.4 Å². The Labute approximate surface area is 151 Å². The lowest BCUT2D eigenvalue weighted by atomic mass is 10.1. The number of hydrogen-bond acceptors (Lipinski definition) is 7. The lowest BCUT2D eigenvalue weighted by Crippen LogP contribution is -2.35. The largest absolute Gasteiger partial charge is 0.471 e. The Morgan fingerprint density at radius 3 is 2.59 bits per heavy atom. The standard InChI is InChI=1S/C16H15F3N4O4/c1-9(22-26-12-7-25-8-12)6-20-14(24)11-4-2-10(3-5-11)13-21-15(27-23-13)16(17,18)19/h2-5,12H,6-8H2,1H3,(H,20,24)/b22-9-. The van der Waals surface area contributed by atoms with Crippen molar-refractivity contribution in [3.63, 3.8) is 0 Å². The number of ether oxygens (including phenoxy) is 1. The maximum Gasteiger partial charge on any atom is 0.471 e. The fourth-order valence-corrected chi connectivity index (χ4v) is 2.01. The molecule has 11 heteroatoms. The highest BCUT2D eigenvalue weighted by Gasteiger charge is 2.38. The van der Waals surface area contributed by atoms with E-state index in [0.717, 1.165) is 0 Å². The van der Waals surface area contributed by atoms with Crippen molar-refractivity contribution in [2.24, 2.45) is 5.16 Å². The van der Waals surface area contributed by atoms with Gasteiger partial charge in [0.1, 0.15) is 0 Å². The summed E-state index contributed by atoms with van der Waals surface area (Å²) in [7, 11) is 0. The third-order valence-electron chi connectivity index (χ3n) is 3.54. The van der Waals surface area contributed by atoms with Crippen LogP contribution in [0.15, 0.2) is 33.9 Å². The van der Waals surface area contributed by atoms with Crippen LogP contribution >= 0.6 is 0 Å². The first-order chi connectivity index (χ1) is 12.8. The molecular weight excluding hydrogens is 369 g/mol. The number of carbonyl (C=O) groups is 1. The van der Waals surface area contributed by atoms with Crippen LogP contribution in [0.25, 0.3) is 11.4 Å². The smallest absolute Gasteiger partial charge is 0.388 e. The van der Waals surface area contributed by atoms with Gasteiger partial charge in [-0.3, -0.25) is 4.79 Å². The summed E-state index contributed by atoms with van der Waals surface area (Å²) < 4.78 is 46.6. The Bertz CT molecular complexity index is 829. The summed E-state index contributed by atoms with van der Waals surface area (Å²) in [6.07, 6.45) is -4.76. The van der Waals surface area contributed by atoms with Crippen LogP contribution in [0.2, 0.25) is 0 Å². The van der Waals surface area contributed by atoms with Gasteiger partial charge in [-0.05, 0) is 19.1 Å². The second-order valence-corrected chi connectivity index (χ2v) is 5.77. The average Bonchev–Trinajstić information content (AvgIpc) is 3.09. The number of nitrogens with one attached hydrogen (secondary N) is 1. The van der Waals surface area contributed by atoms with Gasteiger partial charge in [0.25, 0.3) is 5.91 Å². The van der Waals surface area contributed by atoms with E-state index in [2.05, 4.69) is 25.1 Å². The minimum atomic E-state index is -4.71. The van der Waals surface area contributed by atoms with Crippen LogP contribution in [0, 0.1) is 0 Å². The molecular formula is C16H15F3N4O4. The molecule has 0 radical (unpaired) electrons. The number of amides is 1. The summed E-state index contributed by atoms with van der Waals surface area (Å²) in [5, 5.41) is 9.84. The topological polar surface area (TPSA) is 98.8 Å². The van der Waals surface area contributed by atoms with Gasteiger partial charge in [-0.1, -0.05) is 22.4 Å². The van der Waals surface area contributed by atoms with Gasteiger partial charge in [0.15, 0.2) is 6.10 Å². The molecule has 0 spiro atoms. The number of aromatic nitrogens is 2. The third kappa shape index (κ3) is 4.82. The van der Waals surface area contributed by atoms with Crippen molar-refractivity contribution in [2.75, 3.05) is 19.8 Å². The molecule has 0 atom stereocenters. The fraction of sp³-hybridized carbons (Fsp3) is 0.375. The summed E-state index contributed by atoms with van der Waals surface area (Å²) in [6, 6.07) is 5.76. The Morgan fingerprint density at radius 2 is 2.04 bits per heavy atom. The molecule has 8 nitrogen and oxygen atoms in total. The molecule has 1 fully saturated rings. The second kappa shape index (κ2) is 7.74. The lowest BCUT2D eigenvalue weighted by molar-refractivity contribution is -0.159. The van der Waals surface area contributed by atoms with Gasteiger partial charge in [-0.2, -0.15) is 18.2 Å². The summed E-state index contributed by atoms with van der Waals surface area (Å²) in [6.45, 7) is 2.89. The number of carbonyl (C=O) groups excluding carboxylic acids is 1. The van der Waals surface area contributed by atoms with E-state index in [0.29, 0.717) is 30.1 Å². The molecule has 3 rings (SSSR count). The molecule has 0 aliphatic carbocycles. The average molecular weight is 384 g/mol. The van der Waals surface area contributed by atoms with E-state index in [1.54, 1.807) is 6.92 Å². The number of nitrogens with zero attached hydrogens (tertiary/aromatic N) is 3. The maximum atomic E-state index is 12.5. The molecule has 1 saturated heterocycles. The fourth-order valence-electron chi connectivity index (χ4n) is 2.01. The van der Waals surface area contributed by atoms with E-state index in [9.17, 15) is 18.0 Å². The second-order valence-electron chi connectivity index (χ2n) is 5.77. The molecule has 1 amide bonds. The molecule has 27 heavy (non-hydrogen) atoms.